The molecule has 1 N–H and O–H groups in total. The number of benzene rings is 1. The Kier molecular flexibility index (Phi) is 3.35. The molecule has 4 heteroatoms. The van der Waals surface area contributed by atoms with Crippen LogP contribution in [0.2, 0.25) is 0 Å². The molecule has 0 atom stereocenters. The van der Waals surface area contributed by atoms with Crippen LogP contribution < -0.4 is 5.32 Å². The normalized spacial score (nSPS) is 9.56. The highest BCUT2D eigenvalue weighted by atomic mass is 16.1. The number of hydrogen-bond donors (Lipinski definition) is 1. The quantitative estimate of drug-likeness (QED) is 0.872. The molecule has 4 nitrogen and oxygen atoms in total. The van der Waals surface area contributed by atoms with Crippen LogP contribution in [-0.4, -0.2) is 10.9 Å². The van der Waals surface area contributed by atoms with E-state index in [2.05, 4.69) is 10.3 Å². The predicted molar refractivity (Wildman–Crippen MR) is 68.1 cm³/mol. The van der Waals surface area contributed by atoms with Gasteiger partial charge in [0.25, 0.3) is 5.91 Å². The number of carbonyl (C=O) groups excluding carboxylic acids is 1. The number of hydrogen-bond acceptors (Lipinski definition) is 3. The third kappa shape index (κ3) is 2.53. The molecule has 0 unspecified atom stereocenters. The lowest BCUT2D eigenvalue weighted by molar-refractivity contribution is 0.102. The Hall–Kier alpha value is -2.67. The largest absolute Gasteiger partial charge is 0.320 e. The van der Waals surface area contributed by atoms with Gasteiger partial charge in [-0.05, 0) is 36.8 Å². The highest BCUT2D eigenvalue weighted by Gasteiger charge is 2.08. The molecular formula is C14H11N3O. The maximum atomic E-state index is 12.0. The molecule has 0 aliphatic heterocycles. The van der Waals surface area contributed by atoms with Crippen molar-refractivity contribution in [2.75, 3.05) is 5.32 Å². The Morgan fingerprint density at radius 1 is 1.39 bits per heavy atom. The molecule has 0 saturated carbocycles. The summed E-state index contributed by atoms with van der Waals surface area (Å²) in [5.74, 6) is -0.247. The van der Waals surface area contributed by atoms with E-state index in [1.165, 1.54) is 0 Å². The van der Waals surface area contributed by atoms with E-state index >= 15 is 0 Å². The molecule has 18 heavy (non-hydrogen) atoms. The number of aromatic nitrogens is 1. The van der Waals surface area contributed by atoms with Crippen molar-refractivity contribution in [2.24, 2.45) is 0 Å². The first kappa shape index (κ1) is 11.8. The summed E-state index contributed by atoms with van der Waals surface area (Å²) in [6.07, 6.45) is 3.27. The van der Waals surface area contributed by atoms with E-state index in [1.807, 2.05) is 19.1 Å². The molecule has 1 heterocycles. The fraction of sp³-hybridized carbons (Fsp3) is 0.0714. The van der Waals surface area contributed by atoms with Crippen molar-refractivity contribution in [3.05, 3.63) is 59.4 Å². The van der Waals surface area contributed by atoms with E-state index in [1.54, 1.807) is 36.7 Å². The molecule has 1 aromatic heterocycles. The monoisotopic (exact) mass is 237 g/mol. The Morgan fingerprint density at radius 3 is 2.94 bits per heavy atom. The van der Waals surface area contributed by atoms with Crippen molar-refractivity contribution >= 4 is 11.6 Å². The third-order valence-corrected chi connectivity index (χ3v) is 2.54. The van der Waals surface area contributed by atoms with Crippen molar-refractivity contribution in [1.82, 2.24) is 4.98 Å². The average molecular weight is 237 g/mol. The highest BCUT2D eigenvalue weighted by Crippen LogP contribution is 2.13. The van der Waals surface area contributed by atoms with Gasteiger partial charge in [0.1, 0.15) is 0 Å². The van der Waals surface area contributed by atoms with Crippen molar-refractivity contribution in [3.63, 3.8) is 0 Å². The number of amides is 1. The smallest absolute Gasteiger partial charge is 0.255 e. The number of pyridine rings is 1. The zero-order chi connectivity index (χ0) is 13.0. The molecular weight excluding hydrogens is 226 g/mol. The van der Waals surface area contributed by atoms with E-state index < -0.39 is 0 Å². The molecule has 1 amide bonds. The lowest BCUT2D eigenvalue weighted by atomic mass is 10.1. The van der Waals surface area contributed by atoms with Gasteiger partial charge in [0, 0.05) is 11.8 Å². The van der Waals surface area contributed by atoms with Gasteiger partial charge in [-0.25, -0.2) is 0 Å². The number of anilines is 1. The first-order valence-corrected chi connectivity index (χ1v) is 5.43. The van der Waals surface area contributed by atoms with Crippen LogP contribution in [0.4, 0.5) is 5.69 Å². The minimum Gasteiger partial charge on any atom is -0.320 e. The van der Waals surface area contributed by atoms with E-state index in [0.717, 1.165) is 5.56 Å². The molecule has 0 saturated heterocycles. The molecule has 2 rings (SSSR count). The SMILES string of the molecule is Cc1ccncc1NC(=O)c1cccc(C#N)c1. The van der Waals surface area contributed by atoms with E-state index in [9.17, 15) is 4.79 Å². The van der Waals surface area contributed by atoms with Gasteiger partial charge in [0.05, 0.1) is 23.5 Å². The highest BCUT2D eigenvalue weighted by molar-refractivity contribution is 6.04. The van der Waals surface area contributed by atoms with Gasteiger partial charge in [-0.15, -0.1) is 0 Å². The van der Waals surface area contributed by atoms with Gasteiger partial charge in [0.2, 0.25) is 0 Å². The van der Waals surface area contributed by atoms with Gasteiger partial charge in [-0.1, -0.05) is 6.07 Å². The number of carbonyl (C=O) groups is 1. The number of nitrogens with zero attached hydrogens (tertiary/aromatic N) is 2. The number of aryl methyl sites for hydroxylation is 1. The van der Waals surface area contributed by atoms with Crippen LogP contribution in [0, 0.1) is 18.3 Å². The lowest BCUT2D eigenvalue weighted by Crippen LogP contribution is -2.13. The average Bonchev–Trinajstić information content (AvgIpc) is 2.41. The number of nitrogens with one attached hydrogen (secondary N) is 1. The standard InChI is InChI=1S/C14H11N3O/c1-10-5-6-16-9-13(10)17-14(18)12-4-2-3-11(7-12)8-15/h2-7,9H,1H3,(H,17,18). The molecule has 0 spiro atoms. The second kappa shape index (κ2) is 5.11. The summed E-state index contributed by atoms with van der Waals surface area (Å²) in [6.45, 7) is 1.89. The summed E-state index contributed by atoms with van der Waals surface area (Å²) in [5, 5.41) is 11.6. The van der Waals surface area contributed by atoms with Gasteiger partial charge >= 0.3 is 0 Å². The Balaban J connectivity index is 2.23. The molecule has 2 aromatic rings. The maximum absolute atomic E-state index is 12.0. The molecule has 0 aliphatic rings. The van der Waals surface area contributed by atoms with Crippen LogP contribution >= 0.6 is 0 Å². The third-order valence-electron chi connectivity index (χ3n) is 2.54. The van der Waals surface area contributed by atoms with E-state index in [0.29, 0.717) is 16.8 Å². The van der Waals surface area contributed by atoms with Crippen molar-refractivity contribution in [2.45, 2.75) is 6.92 Å². The van der Waals surface area contributed by atoms with Gasteiger partial charge in [-0.2, -0.15) is 5.26 Å². The lowest BCUT2D eigenvalue weighted by Gasteiger charge is -2.07. The van der Waals surface area contributed by atoms with Gasteiger partial charge < -0.3 is 5.32 Å². The Bertz CT molecular complexity index is 629. The summed E-state index contributed by atoms with van der Waals surface area (Å²) < 4.78 is 0. The second-order valence-electron chi connectivity index (χ2n) is 3.84. The fourth-order valence-corrected chi connectivity index (χ4v) is 1.52. The summed E-state index contributed by atoms with van der Waals surface area (Å²) in [5.41, 5.74) is 2.53. The number of rotatable bonds is 2. The Labute approximate surface area is 105 Å². The topological polar surface area (TPSA) is 65.8 Å². The zero-order valence-corrected chi connectivity index (χ0v) is 9.84. The van der Waals surface area contributed by atoms with Crippen LogP contribution in [0.15, 0.2) is 42.7 Å². The van der Waals surface area contributed by atoms with Gasteiger partial charge in [0.15, 0.2) is 0 Å². The molecule has 0 radical (unpaired) electrons. The van der Waals surface area contributed by atoms with E-state index in [-0.39, 0.29) is 5.91 Å². The predicted octanol–water partition coefficient (Wildman–Crippen LogP) is 2.51. The van der Waals surface area contributed by atoms with Crippen LogP contribution in [-0.2, 0) is 0 Å². The summed E-state index contributed by atoms with van der Waals surface area (Å²) in [4.78, 5) is 15.9. The molecule has 0 aliphatic carbocycles. The fourth-order valence-electron chi connectivity index (χ4n) is 1.52. The van der Waals surface area contributed by atoms with Crippen LogP contribution in [0.5, 0.6) is 0 Å². The van der Waals surface area contributed by atoms with Gasteiger partial charge in [-0.3, -0.25) is 9.78 Å². The second-order valence-corrected chi connectivity index (χ2v) is 3.84. The molecule has 0 fully saturated rings. The maximum Gasteiger partial charge on any atom is 0.255 e. The molecule has 1 aromatic carbocycles. The molecule has 88 valence electrons. The van der Waals surface area contributed by atoms with Crippen molar-refractivity contribution in [3.8, 4) is 6.07 Å². The summed E-state index contributed by atoms with van der Waals surface area (Å²) >= 11 is 0. The van der Waals surface area contributed by atoms with Crippen LogP contribution in [0.3, 0.4) is 0 Å². The molecule has 0 bridgehead atoms. The van der Waals surface area contributed by atoms with Crippen LogP contribution in [0.25, 0.3) is 0 Å². The minimum atomic E-state index is -0.247. The Morgan fingerprint density at radius 2 is 2.22 bits per heavy atom. The first-order valence-electron chi connectivity index (χ1n) is 5.43. The zero-order valence-electron chi connectivity index (χ0n) is 9.84. The number of nitriles is 1. The van der Waals surface area contributed by atoms with Crippen molar-refractivity contribution < 1.29 is 4.79 Å². The summed E-state index contributed by atoms with van der Waals surface area (Å²) in [6, 6.07) is 10.4. The van der Waals surface area contributed by atoms with Crippen LogP contribution in [0.1, 0.15) is 21.5 Å². The minimum absolute atomic E-state index is 0.247. The van der Waals surface area contributed by atoms with E-state index in [4.69, 9.17) is 5.26 Å². The van der Waals surface area contributed by atoms with Crippen molar-refractivity contribution in [1.29, 1.82) is 5.26 Å². The summed E-state index contributed by atoms with van der Waals surface area (Å²) in [7, 11) is 0. The first-order chi connectivity index (χ1) is 8.70.